The highest BCUT2D eigenvalue weighted by Crippen LogP contribution is 2.34. The van der Waals surface area contributed by atoms with Crippen LogP contribution in [0.5, 0.6) is 0 Å². The van der Waals surface area contributed by atoms with Gasteiger partial charge in [-0.25, -0.2) is 0 Å². The lowest BCUT2D eigenvalue weighted by atomic mass is 10.0. The molecule has 0 fully saturated rings. The van der Waals surface area contributed by atoms with Gasteiger partial charge >= 0.3 is 0 Å². The van der Waals surface area contributed by atoms with Crippen molar-refractivity contribution in [3.05, 3.63) is 62.7 Å². The van der Waals surface area contributed by atoms with E-state index in [1.165, 1.54) is 5.56 Å². The molecule has 0 aromatic heterocycles. The SMILES string of the molecule is Cc1ccccc1C=C1C(=O)Nc2ccc(I)cc21. The minimum atomic E-state index is -0.0275. The molecule has 0 aliphatic carbocycles. The Morgan fingerprint density at radius 1 is 1.16 bits per heavy atom. The van der Waals surface area contributed by atoms with Gasteiger partial charge in [0.1, 0.15) is 0 Å². The van der Waals surface area contributed by atoms with Crippen LogP contribution >= 0.6 is 22.6 Å². The molecule has 0 bridgehead atoms. The Morgan fingerprint density at radius 2 is 1.95 bits per heavy atom. The summed E-state index contributed by atoms with van der Waals surface area (Å²) >= 11 is 2.26. The zero-order valence-electron chi connectivity index (χ0n) is 10.4. The van der Waals surface area contributed by atoms with Crippen molar-refractivity contribution in [3.8, 4) is 0 Å². The minimum Gasteiger partial charge on any atom is -0.321 e. The summed E-state index contributed by atoms with van der Waals surface area (Å²) in [7, 11) is 0. The maximum absolute atomic E-state index is 12.1. The monoisotopic (exact) mass is 361 g/mol. The van der Waals surface area contributed by atoms with Gasteiger partial charge in [0, 0.05) is 20.4 Å². The molecular formula is C16H12INO. The molecule has 1 N–H and O–H groups in total. The summed E-state index contributed by atoms with van der Waals surface area (Å²) in [5.74, 6) is -0.0275. The van der Waals surface area contributed by atoms with Gasteiger partial charge in [-0.3, -0.25) is 4.79 Å². The lowest BCUT2D eigenvalue weighted by Gasteiger charge is -2.02. The van der Waals surface area contributed by atoms with Crippen LogP contribution in [-0.4, -0.2) is 5.91 Å². The third kappa shape index (κ3) is 2.30. The van der Waals surface area contributed by atoms with Crippen LogP contribution in [0.4, 0.5) is 5.69 Å². The first-order chi connectivity index (χ1) is 9.15. The smallest absolute Gasteiger partial charge is 0.256 e. The number of fused-ring (bicyclic) bond motifs is 1. The Bertz CT molecular complexity index is 704. The topological polar surface area (TPSA) is 29.1 Å². The maximum atomic E-state index is 12.1. The Kier molecular flexibility index (Phi) is 3.14. The molecule has 3 heteroatoms. The van der Waals surface area contributed by atoms with Gasteiger partial charge in [0.25, 0.3) is 5.91 Å². The van der Waals surface area contributed by atoms with Gasteiger partial charge in [-0.05, 0) is 64.9 Å². The highest BCUT2D eigenvalue weighted by Gasteiger charge is 2.24. The summed E-state index contributed by atoms with van der Waals surface area (Å²) in [4.78, 5) is 12.1. The number of hydrogen-bond acceptors (Lipinski definition) is 1. The van der Waals surface area contributed by atoms with Crippen LogP contribution < -0.4 is 5.32 Å². The van der Waals surface area contributed by atoms with Crippen LogP contribution in [0.15, 0.2) is 42.5 Å². The first-order valence-corrected chi connectivity index (χ1v) is 7.11. The lowest BCUT2D eigenvalue weighted by Crippen LogP contribution is -2.03. The maximum Gasteiger partial charge on any atom is 0.256 e. The Balaban J connectivity index is 2.14. The minimum absolute atomic E-state index is 0.0275. The Hall–Kier alpha value is -1.62. The molecule has 2 aromatic rings. The van der Waals surface area contributed by atoms with Gasteiger partial charge in [-0.2, -0.15) is 0 Å². The second-order valence-corrected chi connectivity index (χ2v) is 5.80. The molecule has 0 spiro atoms. The van der Waals surface area contributed by atoms with E-state index >= 15 is 0 Å². The molecular weight excluding hydrogens is 349 g/mol. The molecule has 19 heavy (non-hydrogen) atoms. The molecule has 1 aliphatic rings. The first-order valence-electron chi connectivity index (χ1n) is 6.04. The number of benzene rings is 2. The van der Waals surface area contributed by atoms with E-state index in [1.54, 1.807) is 0 Å². The molecule has 2 nitrogen and oxygen atoms in total. The number of halogens is 1. The highest BCUT2D eigenvalue weighted by atomic mass is 127. The number of rotatable bonds is 1. The third-order valence-corrected chi connectivity index (χ3v) is 3.92. The first kappa shape index (κ1) is 12.4. The van der Waals surface area contributed by atoms with E-state index in [-0.39, 0.29) is 5.91 Å². The summed E-state index contributed by atoms with van der Waals surface area (Å²) in [6, 6.07) is 14.1. The number of aryl methyl sites for hydroxylation is 1. The molecule has 0 atom stereocenters. The number of amides is 1. The van der Waals surface area contributed by atoms with Crippen molar-refractivity contribution < 1.29 is 4.79 Å². The molecule has 94 valence electrons. The van der Waals surface area contributed by atoms with E-state index in [4.69, 9.17) is 0 Å². The van der Waals surface area contributed by atoms with Crippen LogP contribution in [-0.2, 0) is 4.79 Å². The van der Waals surface area contributed by atoms with E-state index in [0.717, 1.165) is 26.0 Å². The predicted octanol–water partition coefficient (Wildman–Crippen LogP) is 4.09. The van der Waals surface area contributed by atoms with Gasteiger partial charge in [0.15, 0.2) is 0 Å². The largest absolute Gasteiger partial charge is 0.321 e. The van der Waals surface area contributed by atoms with E-state index in [2.05, 4.69) is 40.9 Å². The zero-order chi connectivity index (χ0) is 13.4. The predicted molar refractivity (Wildman–Crippen MR) is 86.8 cm³/mol. The van der Waals surface area contributed by atoms with Crippen molar-refractivity contribution >= 4 is 45.8 Å². The van der Waals surface area contributed by atoms with Crippen molar-refractivity contribution in [3.63, 3.8) is 0 Å². The summed E-state index contributed by atoms with van der Waals surface area (Å²) in [6.45, 7) is 2.05. The van der Waals surface area contributed by atoms with Crippen LogP contribution in [0, 0.1) is 10.5 Å². The molecule has 3 rings (SSSR count). The summed E-state index contributed by atoms with van der Waals surface area (Å²) in [5, 5.41) is 2.90. The van der Waals surface area contributed by atoms with Crippen LogP contribution in [0.3, 0.4) is 0 Å². The highest BCUT2D eigenvalue weighted by molar-refractivity contribution is 14.1. The lowest BCUT2D eigenvalue weighted by molar-refractivity contribution is -0.110. The van der Waals surface area contributed by atoms with E-state index in [0.29, 0.717) is 0 Å². The van der Waals surface area contributed by atoms with Crippen molar-refractivity contribution in [2.24, 2.45) is 0 Å². The van der Waals surface area contributed by atoms with E-state index in [9.17, 15) is 4.79 Å². The number of carbonyl (C=O) groups is 1. The molecule has 0 unspecified atom stereocenters. The van der Waals surface area contributed by atoms with Crippen LogP contribution in [0.1, 0.15) is 16.7 Å². The van der Waals surface area contributed by atoms with Crippen molar-refractivity contribution in [2.75, 3.05) is 5.32 Å². The van der Waals surface area contributed by atoms with Crippen molar-refractivity contribution in [2.45, 2.75) is 6.92 Å². The zero-order valence-corrected chi connectivity index (χ0v) is 12.6. The number of carbonyl (C=O) groups excluding carboxylic acids is 1. The normalized spacial score (nSPS) is 15.5. The second-order valence-electron chi connectivity index (χ2n) is 4.56. The fourth-order valence-corrected chi connectivity index (χ4v) is 2.70. The molecule has 2 aromatic carbocycles. The van der Waals surface area contributed by atoms with E-state index < -0.39 is 0 Å². The van der Waals surface area contributed by atoms with Crippen molar-refractivity contribution in [1.29, 1.82) is 0 Å². The quantitative estimate of drug-likeness (QED) is 0.602. The van der Waals surface area contributed by atoms with Crippen LogP contribution in [0.25, 0.3) is 11.6 Å². The number of nitrogens with one attached hydrogen (secondary N) is 1. The Labute approximate surface area is 125 Å². The average Bonchev–Trinajstić information content (AvgIpc) is 2.69. The van der Waals surface area contributed by atoms with Gasteiger partial charge < -0.3 is 5.32 Å². The third-order valence-electron chi connectivity index (χ3n) is 3.25. The summed E-state index contributed by atoms with van der Waals surface area (Å²) in [5.41, 5.74) is 4.87. The second kappa shape index (κ2) is 4.81. The molecule has 1 amide bonds. The fourth-order valence-electron chi connectivity index (χ4n) is 2.21. The molecule has 0 saturated heterocycles. The number of anilines is 1. The van der Waals surface area contributed by atoms with Gasteiger partial charge in [-0.1, -0.05) is 24.3 Å². The van der Waals surface area contributed by atoms with E-state index in [1.807, 2.05) is 42.5 Å². The molecule has 1 aliphatic heterocycles. The number of hydrogen-bond donors (Lipinski definition) is 1. The molecule has 1 heterocycles. The molecule has 0 saturated carbocycles. The van der Waals surface area contributed by atoms with Crippen LogP contribution in [0.2, 0.25) is 0 Å². The fraction of sp³-hybridized carbons (Fsp3) is 0.0625. The van der Waals surface area contributed by atoms with Gasteiger partial charge in [0.05, 0.1) is 0 Å². The standard InChI is InChI=1S/C16H12INO/c1-10-4-2-3-5-11(10)8-14-13-9-12(17)6-7-15(13)18-16(14)19/h2-9H,1H3,(H,18,19). The van der Waals surface area contributed by atoms with Crippen molar-refractivity contribution in [1.82, 2.24) is 0 Å². The average molecular weight is 361 g/mol. The Morgan fingerprint density at radius 3 is 2.74 bits per heavy atom. The summed E-state index contributed by atoms with van der Waals surface area (Å²) < 4.78 is 1.13. The summed E-state index contributed by atoms with van der Waals surface area (Å²) in [6.07, 6.45) is 1.96. The van der Waals surface area contributed by atoms with Gasteiger partial charge in [0.2, 0.25) is 0 Å². The molecule has 0 radical (unpaired) electrons. The van der Waals surface area contributed by atoms with Gasteiger partial charge in [-0.15, -0.1) is 0 Å².